The van der Waals surface area contributed by atoms with Gasteiger partial charge < -0.3 is 25.0 Å². The fourth-order valence-corrected chi connectivity index (χ4v) is 1.89. The Morgan fingerprint density at radius 1 is 1.58 bits per heavy atom. The second-order valence-electron chi connectivity index (χ2n) is 4.37. The van der Waals surface area contributed by atoms with E-state index in [-0.39, 0.29) is 19.8 Å². The number of carboxylic acid groups (broad SMARTS) is 1. The van der Waals surface area contributed by atoms with E-state index in [4.69, 9.17) is 9.84 Å². The summed E-state index contributed by atoms with van der Waals surface area (Å²) in [5, 5.41) is 14.2. The minimum absolute atomic E-state index is 0.125. The highest BCUT2D eigenvalue weighted by molar-refractivity contribution is 5.77. The highest BCUT2D eigenvalue weighted by Crippen LogP contribution is 2.13. The van der Waals surface area contributed by atoms with Crippen molar-refractivity contribution >= 4 is 12.0 Å². The van der Waals surface area contributed by atoms with Gasteiger partial charge in [-0.05, 0) is 0 Å². The zero-order valence-electron chi connectivity index (χ0n) is 10.5. The van der Waals surface area contributed by atoms with Gasteiger partial charge in [0.1, 0.15) is 11.7 Å². The maximum absolute atomic E-state index is 11.7. The van der Waals surface area contributed by atoms with E-state index < -0.39 is 24.0 Å². The van der Waals surface area contributed by atoms with Crippen molar-refractivity contribution < 1.29 is 19.4 Å². The van der Waals surface area contributed by atoms with E-state index in [0.717, 1.165) is 0 Å². The van der Waals surface area contributed by atoms with Crippen molar-refractivity contribution in [1.82, 2.24) is 20.2 Å². The lowest BCUT2D eigenvalue weighted by molar-refractivity contribution is -0.142. The molecule has 8 nitrogen and oxygen atoms in total. The summed E-state index contributed by atoms with van der Waals surface area (Å²) in [4.78, 5) is 26.6. The second kappa shape index (κ2) is 5.70. The Kier molecular flexibility index (Phi) is 4.00. The number of aliphatic carboxylic acids is 1. The molecule has 1 saturated heterocycles. The van der Waals surface area contributed by atoms with Crippen molar-refractivity contribution in [3.8, 4) is 0 Å². The number of amides is 2. The van der Waals surface area contributed by atoms with Gasteiger partial charge in [0.05, 0.1) is 25.8 Å². The lowest BCUT2D eigenvalue weighted by Gasteiger charge is -2.16. The van der Waals surface area contributed by atoms with Crippen LogP contribution in [-0.2, 0) is 23.1 Å². The molecule has 1 aliphatic heterocycles. The molecule has 2 rings (SSSR count). The molecule has 2 amide bonds. The van der Waals surface area contributed by atoms with E-state index in [1.807, 2.05) is 7.05 Å². The van der Waals surface area contributed by atoms with Crippen LogP contribution in [0.25, 0.3) is 0 Å². The van der Waals surface area contributed by atoms with E-state index in [9.17, 15) is 9.59 Å². The van der Waals surface area contributed by atoms with Crippen LogP contribution in [0.2, 0.25) is 0 Å². The molecule has 1 aliphatic rings. The average molecular weight is 268 g/mol. The molecular formula is C11H16N4O4. The summed E-state index contributed by atoms with van der Waals surface area (Å²) in [5.41, 5.74) is 0. The number of aromatic nitrogens is 2. The van der Waals surface area contributed by atoms with Crippen LogP contribution in [0, 0.1) is 5.92 Å². The molecule has 2 atom stereocenters. The fourth-order valence-electron chi connectivity index (χ4n) is 1.89. The molecule has 0 aromatic carbocycles. The first-order valence-electron chi connectivity index (χ1n) is 5.89. The summed E-state index contributed by atoms with van der Waals surface area (Å²) in [6, 6.07) is -0.927. The normalized spacial score (nSPS) is 22.2. The van der Waals surface area contributed by atoms with Crippen LogP contribution in [0.1, 0.15) is 5.82 Å². The number of carboxylic acids is 1. The zero-order chi connectivity index (χ0) is 13.8. The van der Waals surface area contributed by atoms with E-state index in [1.165, 1.54) is 0 Å². The number of imidazole rings is 1. The van der Waals surface area contributed by atoms with E-state index in [2.05, 4.69) is 15.6 Å². The molecule has 0 bridgehead atoms. The Balaban J connectivity index is 1.81. The van der Waals surface area contributed by atoms with Gasteiger partial charge in [-0.15, -0.1) is 0 Å². The lowest BCUT2D eigenvalue weighted by Crippen LogP contribution is -2.47. The van der Waals surface area contributed by atoms with Gasteiger partial charge in [0.25, 0.3) is 0 Å². The van der Waals surface area contributed by atoms with Crippen LogP contribution in [0.4, 0.5) is 4.79 Å². The maximum Gasteiger partial charge on any atom is 0.315 e. The summed E-state index contributed by atoms with van der Waals surface area (Å²) in [5.74, 6) is -0.946. The summed E-state index contributed by atoms with van der Waals surface area (Å²) in [6.07, 6.45) is 3.42. The number of nitrogens with zero attached hydrogens (tertiary/aromatic N) is 2. The van der Waals surface area contributed by atoms with Crippen LogP contribution in [0.3, 0.4) is 0 Å². The van der Waals surface area contributed by atoms with E-state index in [1.54, 1.807) is 17.0 Å². The quantitative estimate of drug-likeness (QED) is 0.671. The molecule has 1 aromatic rings. The number of nitrogens with one attached hydrogen (secondary N) is 2. The highest BCUT2D eigenvalue weighted by Gasteiger charge is 2.34. The third kappa shape index (κ3) is 3.22. The fraction of sp³-hybridized carbons (Fsp3) is 0.545. The van der Waals surface area contributed by atoms with Crippen molar-refractivity contribution in [2.24, 2.45) is 13.0 Å². The van der Waals surface area contributed by atoms with Gasteiger partial charge in [-0.25, -0.2) is 9.78 Å². The van der Waals surface area contributed by atoms with Crippen molar-refractivity contribution in [1.29, 1.82) is 0 Å². The first-order valence-corrected chi connectivity index (χ1v) is 5.89. The molecule has 2 unspecified atom stereocenters. The average Bonchev–Trinajstić information content (AvgIpc) is 2.95. The summed E-state index contributed by atoms with van der Waals surface area (Å²) in [7, 11) is 1.83. The predicted molar refractivity (Wildman–Crippen MR) is 64.3 cm³/mol. The monoisotopic (exact) mass is 268 g/mol. The zero-order valence-corrected chi connectivity index (χ0v) is 10.5. The first-order chi connectivity index (χ1) is 9.08. The summed E-state index contributed by atoms with van der Waals surface area (Å²) in [6.45, 7) is 0.618. The van der Waals surface area contributed by atoms with E-state index >= 15 is 0 Å². The van der Waals surface area contributed by atoms with Gasteiger partial charge in [0, 0.05) is 19.4 Å². The van der Waals surface area contributed by atoms with Crippen LogP contribution >= 0.6 is 0 Å². The summed E-state index contributed by atoms with van der Waals surface area (Å²) >= 11 is 0. The molecule has 0 saturated carbocycles. The molecule has 1 fully saturated rings. The summed E-state index contributed by atoms with van der Waals surface area (Å²) < 4.78 is 6.85. The predicted octanol–water partition coefficient (Wildman–Crippen LogP) is -0.681. The van der Waals surface area contributed by atoms with Gasteiger partial charge in [0.2, 0.25) is 0 Å². The third-order valence-electron chi connectivity index (χ3n) is 3.04. The van der Waals surface area contributed by atoms with Gasteiger partial charge in [-0.1, -0.05) is 0 Å². The Morgan fingerprint density at radius 2 is 2.37 bits per heavy atom. The SMILES string of the molecule is Cn1ccnc1CNC(=O)NC1COCC1C(=O)O. The molecular weight excluding hydrogens is 252 g/mol. The van der Waals surface area contributed by atoms with Crippen molar-refractivity contribution in [2.75, 3.05) is 13.2 Å². The molecule has 0 aliphatic carbocycles. The van der Waals surface area contributed by atoms with E-state index in [0.29, 0.717) is 5.82 Å². The highest BCUT2D eigenvalue weighted by atomic mass is 16.5. The molecule has 0 spiro atoms. The van der Waals surface area contributed by atoms with Gasteiger partial charge in [-0.3, -0.25) is 4.79 Å². The Morgan fingerprint density at radius 3 is 3.00 bits per heavy atom. The van der Waals surface area contributed by atoms with Crippen LogP contribution in [0.15, 0.2) is 12.4 Å². The second-order valence-corrected chi connectivity index (χ2v) is 4.37. The number of carbonyl (C=O) groups excluding carboxylic acids is 1. The standard InChI is InChI=1S/C11H16N4O4/c1-15-3-2-12-9(15)4-13-11(18)14-8-6-19-5-7(8)10(16)17/h2-3,7-8H,4-6H2,1H3,(H,16,17)(H2,13,14,18). The number of hydrogen-bond acceptors (Lipinski definition) is 4. The molecule has 2 heterocycles. The molecule has 104 valence electrons. The number of ether oxygens (including phenoxy) is 1. The minimum Gasteiger partial charge on any atom is -0.481 e. The van der Waals surface area contributed by atoms with Crippen molar-refractivity contribution in [2.45, 2.75) is 12.6 Å². The maximum atomic E-state index is 11.7. The number of aryl methyl sites for hydroxylation is 1. The van der Waals surface area contributed by atoms with Crippen LogP contribution in [0.5, 0.6) is 0 Å². The number of carbonyl (C=O) groups is 2. The first kappa shape index (κ1) is 13.3. The molecule has 19 heavy (non-hydrogen) atoms. The molecule has 1 aromatic heterocycles. The number of hydrogen-bond donors (Lipinski definition) is 3. The molecule has 8 heteroatoms. The topological polar surface area (TPSA) is 105 Å². The largest absolute Gasteiger partial charge is 0.481 e. The minimum atomic E-state index is -0.966. The Bertz CT molecular complexity index is 473. The van der Waals surface area contributed by atoms with Gasteiger partial charge >= 0.3 is 12.0 Å². The molecule has 3 N–H and O–H groups in total. The van der Waals surface area contributed by atoms with Crippen molar-refractivity contribution in [3.05, 3.63) is 18.2 Å². The Hall–Kier alpha value is -2.09. The van der Waals surface area contributed by atoms with Crippen molar-refractivity contribution in [3.63, 3.8) is 0 Å². The number of rotatable bonds is 4. The molecule has 0 radical (unpaired) electrons. The van der Waals surface area contributed by atoms with Crippen LogP contribution in [-0.4, -0.2) is 45.9 Å². The lowest BCUT2D eigenvalue weighted by atomic mass is 10.0. The smallest absolute Gasteiger partial charge is 0.315 e. The van der Waals surface area contributed by atoms with Gasteiger partial charge in [0.15, 0.2) is 0 Å². The Labute approximate surface area is 109 Å². The van der Waals surface area contributed by atoms with Crippen LogP contribution < -0.4 is 10.6 Å². The van der Waals surface area contributed by atoms with Gasteiger partial charge in [-0.2, -0.15) is 0 Å². The third-order valence-corrected chi connectivity index (χ3v) is 3.04. The number of urea groups is 1.